The molecule has 0 fully saturated rings. The van der Waals surface area contributed by atoms with Crippen molar-refractivity contribution in [2.45, 2.75) is 18.0 Å². The number of alkyl halides is 4. The normalized spacial score (nSPS) is 13.2. The summed E-state index contributed by atoms with van der Waals surface area (Å²) in [5, 5.41) is -0.558. The first-order valence-electron chi connectivity index (χ1n) is 6.03. The first-order valence-corrected chi connectivity index (χ1v) is 6.84. The molecule has 0 bridgehead atoms. The molecule has 6 heteroatoms. The zero-order valence-corrected chi connectivity index (χ0v) is 12.1. The quantitative estimate of drug-likeness (QED) is 0.474. The van der Waals surface area contributed by atoms with Crippen LogP contribution in [0.15, 0.2) is 42.5 Å². The highest BCUT2D eigenvalue weighted by Crippen LogP contribution is 2.34. The molecule has 0 aromatic heterocycles. The third kappa shape index (κ3) is 3.89. The highest BCUT2D eigenvalue weighted by molar-refractivity contribution is 6.32. The van der Waals surface area contributed by atoms with Crippen molar-refractivity contribution in [3.8, 4) is 0 Å². The van der Waals surface area contributed by atoms with Gasteiger partial charge in [0, 0.05) is 10.6 Å². The molecule has 0 amide bonds. The molecular formula is C15H10Cl2F4. The van der Waals surface area contributed by atoms with Crippen molar-refractivity contribution >= 4 is 23.2 Å². The van der Waals surface area contributed by atoms with Gasteiger partial charge in [-0.1, -0.05) is 29.8 Å². The topological polar surface area (TPSA) is 0 Å². The second-order valence-corrected chi connectivity index (χ2v) is 5.44. The van der Waals surface area contributed by atoms with Crippen LogP contribution in [-0.4, -0.2) is 0 Å². The lowest BCUT2D eigenvalue weighted by molar-refractivity contribution is -0.137. The van der Waals surface area contributed by atoms with E-state index in [1.54, 1.807) is 0 Å². The van der Waals surface area contributed by atoms with Gasteiger partial charge in [0.25, 0.3) is 0 Å². The number of hydrogen-bond donors (Lipinski definition) is 0. The summed E-state index contributed by atoms with van der Waals surface area (Å²) in [4.78, 5) is 0. The molecule has 1 atom stereocenters. The number of rotatable bonds is 3. The molecule has 0 aliphatic carbocycles. The van der Waals surface area contributed by atoms with Gasteiger partial charge in [0.15, 0.2) is 0 Å². The fourth-order valence-corrected chi connectivity index (χ4v) is 2.70. The molecule has 112 valence electrons. The van der Waals surface area contributed by atoms with Crippen LogP contribution in [0.1, 0.15) is 22.1 Å². The van der Waals surface area contributed by atoms with Crippen LogP contribution in [0.4, 0.5) is 17.6 Å². The predicted octanol–water partition coefficient (Wildman–Crippen LogP) is 6.02. The Balaban J connectivity index is 2.18. The highest BCUT2D eigenvalue weighted by atomic mass is 35.5. The Morgan fingerprint density at radius 3 is 2.14 bits per heavy atom. The first kappa shape index (κ1) is 16.1. The predicted molar refractivity (Wildman–Crippen MR) is 75.2 cm³/mol. The maximum atomic E-state index is 13.7. The van der Waals surface area contributed by atoms with Crippen LogP contribution in [-0.2, 0) is 12.6 Å². The van der Waals surface area contributed by atoms with Crippen LogP contribution in [0.5, 0.6) is 0 Å². The van der Waals surface area contributed by atoms with E-state index in [9.17, 15) is 17.6 Å². The summed E-state index contributed by atoms with van der Waals surface area (Å²) in [5.74, 6) is -0.533. The van der Waals surface area contributed by atoms with Gasteiger partial charge in [0.1, 0.15) is 5.82 Å². The zero-order valence-electron chi connectivity index (χ0n) is 10.6. The van der Waals surface area contributed by atoms with Crippen LogP contribution in [0.25, 0.3) is 0 Å². The average molecular weight is 337 g/mol. The first-order chi connectivity index (χ1) is 9.79. The Labute approximate surface area is 129 Å². The molecule has 0 heterocycles. The van der Waals surface area contributed by atoms with Crippen molar-refractivity contribution in [1.29, 1.82) is 0 Å². The lowest BCUT2D eigenvalue weighted by atomic mass is 10.0. The summed E-state index contributed by atoms with van der Waals surface area (Å²) in [6.45, 7) is 0. The van der Waals surface area contributed by atoms with Gasteiger partial charge in [-0.3, -0.25) is 0 Å². The molecule has 0 saturated carbocycles. The van der Waals surface area contributed by atoms with Crippen molar-refractivity contribution in [2.75, 3.05) is 0 Å². The SMILES string of the molecule is Fc1cccc(Cl)c1C(Cl)Cc1ccc(C(F)(F)F)cc1. The Hall–Kier alpha value is -1.26. The third-order valence-electron chi connectivity index (χ3n) is 3.01. The minimum absolute atomic E-state index is 0.153. The van der Waals surface area contributed by atoms with Gasteiger partial charge in [-0.2, -0.15) is 13.2 Å². The minimum Gasteiger partial charge on any atom is -0.207 e. The molecule has 0 N–H and O–H groups in total. The van der Waals surface area contributed by atoms with Gasteiger partial charge in [-0.25, -0.2) is 4.39 Å². The molecule has 2 aromatic carbocycles. The van der Waals surface area contributed by atoms with E-state index in [0.29, 0.717) is 5.56 Å². The molecule has 2 aromatic rings. The number of hydrogen-bond acceptors (Lipinski definition) is 0. The fourth-order valence-electron chi connectivity index (χ4n) is 1.95. The molecule has 2 rings (SSSR count). The van der Waals surface area contributed by atoms with Crippen molar-refractivity contribution in [3.63, 3.8) is 0 Å². The molecule has 0 saturated heterocycles. The van der Waals surface area contributed by atoms with Gasteiger partial charge in [0.05, 0.1) is 10.9 Å². The Bertz CT molecular complexity index is 600. The van der Waals surface area contributed by atoms with E-state index in [4.69, 9.17) is 23.2 Å². The highest BCUT2D eigenvalue weighted by Gasteiger charge is 2.30. The molecule has 0 aliphatic rings. The van der Waals surface area contributed by atoms with Gasteiger partial charge in [0.2, 0.25) is 0 Å². The number of halogens is 6. The summed E-state index contributed by atoms with van der Waals surface area (Å²) in [6, 6.07) is 8.82. The van der Waals surface area contributed by atoms with Crippen molar-refractivity contribution < 1.29 is 17.6 Å². The lowest BCUT2D eigenvalue weighted by Gasteiger charge is -2.13. The van der Waals surface area contributed by atoms with Crippen LogP contribution in [0, 0.1) is 5.82 Å². The van der Waals surface area contributed by atoms with Crippen LogP contribution < -0.4 is 0 Å². The van der Waals surface area contributed by atoms with Crippen LogP contribution in [0.3, 0.4) is 0 Å². The molecule has 0 spiro atoms. The van der Waals surface area contributed by atoms with Crippen molar-refractivity contribution in [1.82, 2.24) is 0 Å². The van der Waals surface area contributed by atoms with Gasteiger partial charge >= 0.3 is 6.18 Å². The summed E-state index contributed by atoms with van der Waals surface area (Å²) in [5.41, 5.74) is -0.00986. The van der Waals surface area contributed by atoms with E-state index in [-0.39, 0.29) is 17.0 Å². The van der Waals surface area contributed by atoms with E-state index in [1.807, 2.05) is 0 Å². The monoisotopic (exact) mass is 336 g/mol. The van der Waals surface area contributed by atoms with E-state index in [2.05, 4.69) is 0 Å². The van der Waals surface area contributed by atoms with Gasteiger partial charge < -0.3 is 0 Å². The molecule has 0 aliphatic heterocycles. The largest absolute Gasteiger partial charge is 0.416 e. The Morgan fingerprint density at radius 2 is 1.62 bits per heavy atom. The second kappa shape index (κ2) is 6.24. The smallest absolute Gasteiger partial charge is 0.207 e. The van der Waals surface area contributed by atoms with Gasteiger partial charge in [-0.05, 0) is 36.2 Å². The van der Waals surface area contributed by atoms with Crippen molar-refractivity contribution in [2.24, 2.45) is 0 Å². The van der Waals surface area contributed by atoms with E-state index in [1.165, 1.54) is 30.3 Å². The Kier molecular flexibility index (Phi) is 4.79. The molecule has 1 unspecified atom stereocenters. The van der Waals surface area contributed by atoms with Gasteiger partial charge in [-0.15, -0.1) is 11.6 Å². The molecule has 0 nitrogen and oxygen atoms in total. The summed E-state index contributed by atoms with van der Waals surface area (Å²) < 4.78 is 51.1. The maximum Gasteiger partial charge on any atom is 0.416 e. The van der Waals surface area contributed by atoms with Crippen molar-refractivity contribution in [3.05, 3.63) is 70.0 Å². The molecular weight excluding hydrogens is 327 g/mol. The summed E-state index contributed by atoms with van der Waals surface area (Å²) in [7, 11) is 0. The van der Waals surface area contributed by atoms with Crippen LogP contribution >= 0.6 is 23.2 Å². The molecule has 21 heavy (non-hydrogen) atoms. The average Bonchev–Trinajstić information content (AvgIpc) is 2.38. The second-order valence-electron chi connectivity index (χ2n) is 4.50. The maximum absolute atomic E-state index is 13.7. The van der Waals surface area contributed by atoms with E-state index >= 15 is 0 Å². The van der Waals surface area contributed by atoms with E-state index < -0.39 is 22.9 Å². The lowest BCUT2D eigenvalue weighted by Crippen LogP contribution is -2.05. The molecule has 0 radical (unpaired) electrons. The minimum atomic E-state index is -4.38. The number of benzene rings is 2. The standard InChI is InChI=1S/C15H10Cl2F4/c16-11-2-1-3-13(18)14(11)12(17)8-9-4-6-10(7-5-9)15(19,20)21/h1-7,12H,8H2. The summed E-state index contributed by atoms with van der Waals surface area (Å²) >= 11 is 12.0. The Morgan fingerprint density at radius 1 is 1.00 bits per heavy atom. The fraction of sp³-hybridized carbons (Fsp3) is 0.200. The third-order valence-corrected chi connectivity index (χ3v) is 3.71. The zero-order chi connectivity index (χ0) is 15.6. The summed E-state index contributed by atoms with van der Waals surface area (Å²) in [6.07, 6.45) is -4.20. The van der Waals surface area contributed by atoms with Crippen LogP contribution in [0.2, 0.25) is 5.02 Å². The van der Waals surface area contributed by atoms with E-state index in [0.717, 1.165) is 12.1 Å².